The number of hydrogen-bond acceptors (Lipinski definition) is 6. The van der Waals surface area contributed by atoms with Gasteiger partial charge in [0.15, 0.2) is 18.1 Å². The van der Waals surface area contributed by atoms with Crippen LogP contribution in [0.2, 0.25) is 0 Å². The molecule has 0 unspecified atom stereocenters. The highest BCUT2D eigenvalue weighted by atomic mass is 32.2. The highest BCUT2D eigenvalue weighted by Crippen LogP contribution is 2.41. The first-order valence-electron chi connectivity index (χ1n) is 11.2. The molecule has 2 heterocycles. The molecule has 2 aliphatic heterocycles. The Morgan fingerprint density at radius 2 is 1.88 bits per heavy atom. The monoisotopic (exact) mass is 474 g/mol. The van der Waals surface area contributed by atoms with Gasteiger partial charge >= 0.3 is 0 Å². The van der Waals surface area contributed by atoms with Gasteiger partial charge in [0.2, 0.25) is 10.0 Å². The molecule has 0 aromatic heterocycles. The van der Waals surface area contributed by atoms with Crippen molar-refractivity contribution in [3.63, 3.8) is 0 Å². The minimum Gasteiger partial charge on any atom is -0.492 e. The number of ether oxygens (including phenoxy) is 3. The number of para-hydroxylation sites is 1. The van der Waals surface area contributed by atoms with Gasteiger partial charge in [-0.1, -0.05) is 12.1 Å². The van der Waals surface area contributed by atoms with Crippen LogP contribution in [0.3, 0.4) is 0 Å². The summed E-state index contributed by atoms with van der Waals surface area (Å²) in [5.74, 6) is 1.05. The van der Waals surface area contributed by atoms with Gasteiger partial charge in [-0.25, -0.2) is 8.42 Å². The fraction of sp³-hybridized carbons (Fsp3) is 0.458. The maximum absolute atomic E-state index is 13.1. The number of sulfonamides is 1. The van der Waals surface area contributed by atoms with Crippen LogP contribution in [0.15, 0.2) is 41.3 Å². The highest BCUT2D eigenvalue weighted by Gasteiger charge is 2.33. The van der Waals surface area contributed by atoms with Crippen molar-refractivity contribution in [2.45, 2.75) is 50.5 Å². The zero-order valence-corrected chi connectivity index (χ0v) is 20.0. The summed E-state index contributed by atoms with van der Waals surface area (Å²) in [6, 6.07) is 10.3. The molecule has 9 heteroatoms. The molecule has 178 valence electrons. The highest BCUT2D eigenvalue weighted by molar-refractivity contribution is 7.89. The Morgan fingerprint density at radius 3 is 2.61 bits per heavy atom. The van der Waals surface area contributed by atoms with Crippen LogP contribution < -0.4 is 19.5 Å². The molecule has 8 nitrogen and oxygen atoms in total. The van der Waals surface area contributed by atoms with Crippen LogP contribution in [0.5, 0.6) is 17.2 Å². The molecule has 33 heavy (non-hydrogen) atoms. The Bertz CT molecular complexity index is 1140. The Kier molecular flexibility index (Phi) is 6.54. The van der Waals surface area contributed by atoms with Crippen LogP contribution in [0.4, 0.5) is 5.69 Å². The van der Waals surface area contributed by atoms with Crippen molar-refractivity contribution in [2.75, 3.05) is 31.6 Å². The molecule has 2 aliphatic rings. The largest absolute Gasteiger partial charge is 0.492 e. The fourth-order valence-electron chi connectivity index (χ4n) is 4.17. The minimum absolute atomic E-state index is 0.0569. The van der Waals surface area contributed by atoms with E-state index in [4.69, 9.17) is 14.2 Å². The molecule has 0 spiro atoms. The number of fused-ring (bicyclic) bond motifs is 1. The molecule has 0 atom stereocenters. The molecule has 0 bridgehead atoms. The van der Waals surface area contributed by atoms with Crippen LogP contribution in [-0.4, -0.2) is 50.5 Å². The summed E-state index contributed by atoms with van der Waals surface area (Å²) >= 11 is 0. The Morgan fingerprint density at radius 1 is 1.12 bits per heavy atom. The van der Waals surface area contributed by atoms with Crippen LogP contribution >= 0.6 is 0 Å². The van der Waals surface area contributed by atoms with E-state index in [2.05, 4.69) is 5.32 Å². The number of benzene rings is 2. The lowest BCUT2D eigenvalue weighted by atomic mass is 10.0. The van der Waals surface area contributed by atoms with Gasteiger partial charge in [0, 0.05) is 30.8 Å². The van der Waals surface area contributed by atoms with Gasteiger partial charge < -0.3 is 19.5 Å². The average molecular weight is 475 g/mol. The standard InChI is InChI=1S/C24H30N2O6S/c1-4-30-19-11-10-18(14-21(19)33(28,29)26-12-5-6-13-26)25-22(27)16-31-20-9-7-8-17-15-24(2,3)32-23(17)20/h7-11,14H,4-6,12-13,15-16H2,1-3H3,(H,25,27). The second-order valence-electron chi connectivity index (χ2n) is 8.83. The number of nitrogens with zero attached hydrogens (tertiary/aromatic N) is 1. The molecular weight excluding hydrogens is 444 g/mol. The molecule has 4 rings (SSSR count). The van der Waals surface area contributed by atoms with E-state index in [9.17, 15) is 13.2 Å². The zero-order valence-electron chi connectivity index (χ0n) is 19.2. The summed E-state index contributed by atoms with van der Waals surface area (Å²) in [4.78, 5) is 12.6. The van der Waals surface area contributed by atoms with E-state index in [0.29, 0.717) is 36.9 Å². The lowest BCUT2D eigenvalue weighted by Crippen LogP contribution is -2.28. The first kappa shape index (κ1) is 23.4. The fourth-order valence-corrected chi connectivity index (χ4v) is 5.85. The summed E-state index contributed by atoms with van der Waals surface area (Å²) in [5.41, 5.74) is 1.09. The number of hydrogen-bond donors (Lipinski definition) is 1. The van der Waals surface area contributed by atoms with Crippen molar-refractivity contribution in [1.29, 1.82) is 0 Å². The quantitative estimate of drug-likeness (QED) is 0.628. The van der Waals surface area contributed by atoms with Crippen LogP contribution in [0.25, 0.3) is 0 Å². The third kappa shape index (κ3) is 5.09. The Balaban J connectivity index is 1.47. The van der Waals surface area contributed by atoms with Crippen molar-refractivity contribution in [3.05, 3.63) is 42.0 Å². The minimum atomic E-state index is -3.71. The third-order valence-corrected chi connectivity index (χ3v) is 7.54. The maximum atomic E-state index is 13.1. The molecule has 1 saturated heterocycles. The van der Waals surface area contributed by atoms with Gasteiger partial charge in [0.05, 0.1) is 6.61 Å². The Hall–Kier alpha value is -2.78. The summed E-state index contributed by atoms with van der Waals surface area (Å²) in [5, 5.41) is 2.73. The summed E-state index contributed by atoms with van der Waals surface area (Å²) in [6.07, 6.45) is 2.44. The maximum Gasteiger partial charge on any atom is 0.262 e. The lowest BCUT2D eigenvalue weighted by molar-refractivity contribution is -0.118. The first-order chi connectivity index (χ1) is 15.7. The van der Waals surface area contributed by atoms with Crippen molar-refractivity contribution in [1.82, 2.24) is 4.31 Å². The van der Waals surface area contributed by atoms with Crippen molar-refractivity contribution < 1.29 is 27.4 Å². The number of carbonyl (C=O) groups is 1. The van der Waals surface area contributed by atoms with E-state index in [1.807, 2.05) is 26.0 Å². The number of rotatable bonds is 8. The number of anilines is 1. The Labute approximate surface area is 194 Å². The molecule has 1 fully saturated rings. The topological polar surface area (TPSA) is 94.2 Å². The lowest BCUT2D eigenvalue weighted by Gasteiger charge is -2.19. The van der Waals surface area contributed by atoms with Crippen molar-refractivity contribution >= 4 is 21.6 Å². The zero-order chi connectivity index (χ0) is 23.6. The van der Waals surface area contributed by atoms with E-state index in [1.165, 1.54) is 10.4 Å². The van der Waals surface area contributed by atoms with Gasteiger partial charge in [0.25, 0.3) is 5.91 Å². The van der Waals surface area contributed by atoms with Crippen molar-refractivity contribution in [2.24, 2.45) is 0 Å². The normalized spacial score (nSPS) is 17.3. The van der Waals surface area contributed by atoms with Gasteiger partial charge in [-0.3, -0.25) is 4.79 Å². The molecule has 0 saturated carbocycles. The van der Waals surface area contributed by atoms with Crippen LogP contribution in [0.1, 0.15) is 39.2 Å². The molecule has 1 N–H and O–H groups in total. The van der Waals surface area contributed by atoms with Gasteiger partial charge in [-0.2, -0.15) is 4.31 Å². The van der Waals surface area contributed by atoms with E-state index in [-0.39, 0.29) is 22.9 Å². The van der Waals surface area contributed by atoms with Crippen LogP contribution in [0, 0.1) is 0 Å². The smallest absolute Gasteiger partial charge is 0.262 e. The predicted octanol–water partition coefficient (Wildman–Crippen LogP) is 3.60. The number of carbonyl (C=O) groups excluding carboxylic acids is 1. The molecule has 1 amide bonds. The summed E-state index contributed by atoms with van der Waals surface area (Å²) in [7, 11) is -3.71. The van der Waals surface area contributed by atoms with Crippen LogP contribution in [-0.2, 0) is 21.2 Å². The third-order valence-electron chi connectivity index (χ3n) is 5.62. The van der Waals surface area contributed by atoms with Gasteiger partial charge in [-0.15, -0.1) is 0 Å². The SMILES string of the molecule is CCOc1ccc(NC(=O)COc2cccc3c2OC(C)(C)C3)cc1S(=O)(=O)N1CCCC1. The van der Waals surface area contributed by atoms with Gasteiger partial charge in [0.1, 0.15) is 16.2 Å². The number of amides is 1. The van der Waals surface area contributed by atoms with Gasteiger partial charge in [-0.05, 0) is 57.9 Å². The molecule has 2 aromatic carbocycles. The van der Waals surface area contributed by atoms with E-state index in [0.717, 1.165) is 24.8 Å². The van der Waals surface area contributed by atoms with E-state index >= 15 is 0 Å². The summed E-state index contributed by atoms with van der Waals surface area (Å²) in [6.45, 7) is 6.87. The molecule has 0 radical (unpaired) electrons. The number of nitrogens with one attached hydrogen (secondary N) is 1. The second kappa shape index (κ2) is 9.23. The molecular formula is C24H30N2O6S. The van der Waals surface area contributed by atoms with E-state index < -0.39 is 15.9 Å². The molecule has 0 aliphatic carbocycles. The van der Waals surface area contributed by atoms with E-state index in [1.54, 1.807) is 25.1 Å². The second-order valence-corrected chi connectivity index (χ2v) is 10.7. The summed E-state index contributed by atoms with van der Waals surface area (Å²) < 4.78 is 45.0. The predicted molar refractivity (Wildman–Crippen MR) is 125 cm³/mol. The molecule has 2 aromatic rings. The first-order valence-corrected chi connectivity index (χ1v) is 12.6. The van der Waals surface area contributed by atoms with Crippen molar-refractivity contribution in [3.8, 4) is 17.2 Å². The average Bonchev–Trinajstić information content (AvgIpc) is 3.40.